The number of nitrogens with zero attached hydrogens (tertiary/aromatic N) is 2. The molecule has 0 amide bonds. The molecule has 0 aliphatic heterocycles. The topological polar surface area (TPSA) is 29.9 Å². The van der Waals surface area contributed by atoms with E-state index in [9.17, 15) is 4.39 Å². The number of nitrogens with one attached hydrogen (secondary N) is 1. The summed E-state index contributed by atoms with van der Waals surface area (Å²) >= 11 is 0. The first-order valence-corrected chi connectivity index (χ1v) is 6.58. The fourth-order valence-electron chi connectivity index (χ4n) is 1.91. The molecule has 0 radical (unpaired) electrons. The Morgan fingerprint density at radius 3 is 2.84 bits per heavy atom. The summed E-state index contributed by atoms with van der Waals surface area (Å²) in [6.07, 6.45) is 1.87. The molecule has 0 saturated carbocycles. The molecular formula is C15H20FN3. The molecule has 1 N–H and O–H groups in total. The molecule has 2 aromatic rings. The van der Waals surface area contributed by atoms with E-state index in [2.05, 4.69) is 24.3 Å². The quantitative estimate of drug-likeness (QED) is 0.896. The number of rotatable bonds is 5. The van der Waals surface area contributed by atoms with E-state index in [1.807, 2.05) is 19.2 Å². The lowest BCUT2D eigenvalue weighted by Gasteiger charge is -2.07. The van der Waals surface area contributed by atoms with Gasteiger partial charge >= 0.3 is 0 Å². The third-order valence-corrected chi connectivity index (χ3v) is 2.92. The number of benzene rings is 1. The number of halogens is 1. The molecule has 19 heavy (non-hydrogen) atoms. The van der Waals surface area contributed by atoms with Crippen molar-refractivity contribution >= 4 is 0 Å². The van der Waals surface area contributed by atoms with Gasteiger partial charge in [0.25, 0.3) is 0 Å². The molecule has 0 unspecified atom stereocenters. The maximum Gasteiger partial charge on any atom is 0.125 e. The van der Waals surface area contributed by atoms with Crippen LogP contribution in [-0.2, 0) is 6.54 Å². The van der Waals surface area contributed by atoms with Crippen LogP contribution in [-0.4, -0.2) is 16.3 Å². The Kier molecular flexibility index (Phi) is 4.32. The molecule has 1 aromatic carbocycles. The van der Waals surface area contributed by atoms with Crippen molar-refractivity contribution < 1.29 is 4.39 Å². The molecule has 0 saturated heterocycles. The van der Waals surface area contributed by atoms with Gasteiger partial charge in [0, 0.05) is 12.7 Å². The van der Waals surface area contributed by atoms with Gasteiger partial charge in [-0.15, -0.1) is 0 Å². The second-order valence-electron chi connectivity index (χ2n) is 5.21. The van der Waals surface area contributed by atoms with Crippen molar-refractivity contribution in [2.75, 3.05) is 6.54 Å². The van der Waals surface area contributed by atoms with Crippen LogP contribution in [0.5, 0.6) is 0 Å². The van der Waals surface area contributed by atoms with E-state index < -0.39 is 0 Å². The highest BCUT2D eigenvalue weighted by atomic mass is 19.1. The van der Waals surface area contributed by atoms with Gasteiger partial charge in [0.2, 0.25) is 0 Å². The molecule has 1 aromatic heterocycles. The maximum atomic E-state index is 13.3. The van der Waals surface area contributed by atoms with Crippen LogP contribution < -0.4 is 5.32 Å². The Morgan fingerprint density at radius 1 is 1.32 bits per heavy atom. The van der Waals surface area contributed by atoms with Gasteiger partial charge in [0.15, 0.2) is 0 Å². The number of hydrogen-bond acceptors (Lipinski definition) is 2. The van der Waals surface area contributed by atoms with Crippen LogP contribution in [0.15, 0.2) is 30.5 Å². The SMILES string of the molecule is Cc1ccc(F)cc1-n1ccc(CNCC(C)C)n1. The van der Waals surface area contributed by atoms with E-state index in [-0.39, 0.29) is 5.82 Å². The van der Waals surface area contributed by atoms with E-state index in [1.54, 1.807) is 10.7 Å². The second-order valence-corrected chi connectivity index (χ2v) is 5.21. The van der Waals surface area contributed by atoms with Crippen molar-refractivity contribution in [3.8, 4) is 5.69 Å². The van der Waals surface area contributed by atoms with E-state index in [1.165, 1.54) is 12.1 Å². The molecule has 0 atom stereocenters. The molecule has 0 aliphatic rings. The minimum Gasteiger partial charge on any atom is -0.311 e. The molecule has 2 rings (SSSR count). The zero-order valence-electron chi connectivity index (χ0n) is 11.7. The van der Waals surface area contributed by atoms with Crippen LogP contribution in [0.25, 0.3) is 5.69 Å². The van der Waals surface area contributed by atoms with Gasteiger partial charge < -0.3 is 5.32 Å². The van der Waals surface area contributed by atoms with Crippen molar-refractivity contribution in [3.05, 3.63) is 47.5 Å². The summed E-state index contributed by atoms with van der Waals surface area (Å²) in [7, 11) is 0. The van der Waals surface area contributed by atoms with Gasteiger partial charge in [-0.25, -0.2) is 9.07 Å². The molecule has 0 fully saturated rings. The first-order valence-electron chi connectivity index (χ1n) is 6.58. The maximum absolute atomic E-state index is 13.3. The fraction of sp³-hybridized carbons (Fsp3) is 0.400. The summed E-state index contributed by atoms with van der Waals surface area (Å²) in [5.74, 6) is 0.378. The van der Waals surface area contributed by atoms with Gasteiger partial charge in [0.05, 0.1) is 11.4 Å². The van der Waals surface area contributed by atoms with E-state index in [0.29, 0.717) is 5.92 Å². The van der Waals surface area contributed by atoms with Gasteiger partial charge in [-0.2, -0.15) is 5.10 Å². The first kappa shape index (κ1) is 13.7. The molecule has 1 heterocycles. The molecule has 3 nitrogen and oxygen atoms in total. The molecule has 4 heteroatoms. The lowest BCUT2D eigenvalue weighted by molar-refractivity contribution is 0.546. The summed E-state index contributed by atoms with van der Waals surface area (Å²) < 4.78 is 15.0. The van der Waals surface area contributed by atoms with Crippen LogP contribution in [0.4, 0.5) is 4.39 Å². The van der Waals surface area contributed by atoms with Crippen LogP contribution in [0.1, 0.15) is 25.1 Å². The van der Waals surface area contributed by atoms with E-state index in [4.69, 9.17) is 0 Å². The lowest BCUT2D eigenvalue weighted by atomic mass is 10.2. The predicted octanol–water partition coefficient (Wildman–Crippen LogP) is 3.07. The highest BCUT2D eigenvalue weighted by Gasteiger charge is 2.05. The Labute approximate surface area is 113 Å². The number of aryl methyl sites for hydroxylation is 1. The average Bonchev–Trinajstić information content (AvgIpc) is 2.80. The second kappa shape index (κ2) is 5.97. The van der Waals surface area contributed by atoms with Gasteiger partial charge in [-0.05, 0) is 43.1 Å². The van der Waals surface area contributed by atoms with Crippen LogP contribution in [0.3, 0.4) is 0 Å². The predicted molar refractivity (Wildman–Crippen MR) is 74.8 cm³/mol. The van der Waals surface area contributed by atoms with Crippen molar-refractivity contribution in [2.45, 2.75) is 27.3 Å². The first-order chi connectivity index (χ1) is 9.06. The van der Waals surface area contributed by atoms with Gasteiger partial charge in [-0.1, -0.05) is 19.9 Å². The van der Waals surface area contributed by atoms with Crippen molar-refractivity contribution in [3.63, 3.8) is 0 Å². The summed E-state index contributed by atoms with van der Waals surface area (Å²) in [5.41, 5.74) is 2.76. The summed E-state index contributed by atoms with van der Waals surface area (Å²) in [5, 5.41) is 7.81. The summed E-state index contributed by atoms with van der Waals surface area (Å²) in [4.78, 5) is 0. The summed E-state index contributed by atoms with van der Waals surface area (Å²) in [6, 6.07) is 6.70. The van der Waals surface area contributed by atoms with Gasteiger partial charge in [0.1, 0.15) is 5.82 Å². The molecule has 102 valence electrons. The Hall–Kier alpha value is -1.68. The Bertz CT molecular complexity index is 546. The smallest absolute Gasteiger partial charge is 0.125 e. The molecule has 0 aliphatic carbocycles. The monoisotopic (exact) mass is 261 g/mol. The van der Waals surface area contributed by atoms with Crippen LogP contribution >= 0.6 is 0 Å². The van der Waals surface area contributed by atoms with Crippen LogP contribution in [0.2, 0.25) is 0 Å². The third-order valence-electron chi connectivity index (χ3n) is 2.92. The number of hydrogen-bond donors (Lipinski definition) is 1. The highest BCUT2D eigenvalue weighted by Crippen LogP contribution is 2.15. The highest BCUT2D eigenvalue weighted by molar-refractivity contribution is 5.39. The minimum absolute atomic E-state index is 0.240. The van der Waals surface area contributed by atoms with E-state index in [0.717, 1.165) is 30.0 Å². The Morgan fingerprint density at radius 2 is 2.11 bits per heavy atom. The Balaban J connectivity index is 2.10. The third kappa shape index (κ3) is 3.64. The van der Waals surface area contributed by atoms with Crippen molar-refractivity contribution in [2.24, 2.45) is 5.92 Å². The molecule has 0 spiro atoms. The minimum atomic E-state index is -0.240. The average molecular weight is 261 g/mol. The zero-order valence-corrected chi connectivity index (χ0v) is 11.7. The zero-order chi connectivity index (χ0) is 13.8. The molecule has 0 bridgehead atoms. The largest absolute Gasteiger partial charge is 0.311 e. The molecular weight excluding hydrogens is 241 g/mol. The van der Waals surface area contributed by atoms with Crippen LogP contribution in [0, 0.1) is 18.7 Å². The van der Waals surface area contributed by atoms with Crippen molar-refractivity contribution in [1.29, 1.82) is 0 Å². The van der Waals surface area contributed by atoms with E-state index >= 15 is 0 Å². The summed E-state index contributed by atoms with van der Waals surface area (Å²) in [6.45, 7) is 7.99. The number of aromatic nitrogens is 2. The van der Waals surface area contributed by atoms with Crippen molar-refractivity contribution in [1.82, 2.24) is 15.1 Å². The lowest BCUT2D eigenvalue weighted by Crippen LogP contribution is -2.19. The van der Waals surface area contributed by atoms with Gasteiger partial charge in [-0.3, -0.25) is 0 Å². The standard InChI is InChI=1S/C15H20FN3/c1-11(2)9-17-10-14-6-7-19(18-14)15-8-13(16)5-4-12(15)3/h4-8,11,17H,9-10H2,1-3H3. The normalized spacial score (nSPS) is 11.2. The fourth-order valence-corrected chi connectivity index (χ4v) is 1.91.